The Morgan fingerprint density at radius 1 is 1.47 bits per heavy atom. The van der Waals surface area contributed by atoms with Crippen molar-refractivity contribution in [2.24, 2.45) is 5.73 Å². The Labute approximate surface area is 104 Å². The van der Waals surface area contributed by atoms with E-state index in [9.17, 15) is 4.39 Å². The Hall–Kier alpha value is -1.75. The molecular weight excluding hydrogens is 237 g/mol. The van der Waals surface area contributed by atoms with Crippen LogP contribution in [0.3, 0.4) is 0 Å². The van der Waals surface area contributed by atoms with Gasteiger partial charge in [0.1, 0.15) is 10.8 Å². The average Bonchev–Trinajstić information content (AvgIpc) is 2.63. The SMILES string of the molecule is Cc1cnn(Cc2cc(F)cc(C(N)=S)c2)c1. The second-order valence-electron chi connectivity index (χ2n) is 3.93. The fraction of sp³-hybridized carbons (Fsp3) is 0.167. The number of halogens is 1. The molecule has 0 aliphatic heterocycles. The van der Waals surface area contributed by atoms with E-state index in [-0.39, 0.29) is 10.8 Å². The average molecular weight is 249 g/mol. The van der Waals surface area contributed by atoms with E-state index in [4.69, 9.17) is 18.0 Å². The second-order valence-corrected chi connectivity index (χ2v) is 4.37. The van der Waals surface area contributed by atoms with Gasteiger partial charge in [-0.3, -0.25) is 4.68 Å². The Morgan fingerprint density at radius 3 is 2.82 bits per heavy atom. The van der Waals surface area contributed by atoms with Crippen LogP contribution in [-0.2, 0) is 6.54 Å². The van der Waals surface area contributed by atoms with E-state index < -0.39 is 0 Å². The third-order valence-electron chi connectivity index (χ3n) is 2.35. The molecule has 1 heterocycles. The van der Waals surface area contributed by atoms with Crippen LogP contribution in [0.25, 0.3) is 0 Å². The molecule has 0 atom stereocenters. The van der Waals surface area contributed by atoms with Crippen LogP contribution in [-0.4, -0.2) is 14.8 Å². The lowest BCUT2D eigenvalue weighted by molar-refractivity contribution is 0.619. The van der Waals surface area contributed by atoms with Crippen LogP contribution >= 0.6 is 12.2 Å². The van der Waals surface area contributed by atoms with Crippen LogP contribution < -0.4 is 5.73 Å². The van der Waals surface area contributed by atoms with Gasteiger partial charge < -0.3 is 5.73 Å². The first-order chi connectivity index (χ1) is 8.04. The minimum atomic E-state index is -0.339. The van der Waals surface area contributed by atoms with Crippen LogP contribution in [0, 0.1) is 12.7 Å². The van der Waals surface area contributed by atoms with Gasteiger partial charge in [0.15, 0.2) is 0 Å². The van der Waals surface area contributed by atoms with Crippen LogP contribution in [0.4, 0.5) is 4.39 Å². The topological polar surface area (TPSA) is 43.8 Å². The summed E-state index contributed by atoms with van der Waals surface area (Å²) in [5.74, 6) is -0.339. The van der Waals surface area contributed by atoms with Gasteiger partial charge in [-0.2, -0.15) is 5.10 Å². The molecule has 0 saturated heterocycles. The highest BCUT2D eigenvalue weighted by Crippen LogP contribution is 2.11. The minimum absolute atomic E-state index is 0.197. The van der Waals surface area contributed by atoms with Gasteiger partial charge in [-0.15, -0.1) is 0 Å². The first-order valence-corrected chi connectivity index (χ1v) is 5.54. The molecule has 0 aliphatic rings. The number of nitrogens with two attached hydrogens (primary N) is 1. The monoisotopic (exact) mass is 249 g/mol. The number of thiocarbonyl (C=S) groups is 1. The molecule has 0 radical (unpaired) electrons. The molecule has 88 valence electrons. The lowest BCUT2D eigenvalue weighted by atomic mass is 10.1. The molecule has 0 fully saturated rings. The van der Waals surface area contributed by atoms with Gasteiger partial charge in [0.05, 0.1) is 12.7 Å². The van der Waals surface area contributed by atoms with Crippen molar-refractivity contribution in [1.82, 2.24) is 9.78 Å². The summed E-state index contributed by atoms with van der Waals surface area (Å²) < 4.78 is 15.1. The van der Waals surface area contributed by atoms with E-state index >= 15 is 0 Å². The lowest BCUT2D eigenvalue weighted by Gasteiger charge is -2.05. The molecule has 0 spiro atoms. The van der Waals surface area contributed by atoms with Gasteiger partial charge in [-0.05, 0) is 36.2 Å². The molecule has 2 N–H and O–H groups in total. The number of hydrogen-bond donors (Lipinski definition) is 1. The van der Waals surface area contributed by atoms with Crippen molar-refractivity contribution in [3.8, 4) is 0 Å². The summed E-state index contributed by atoms with van der Waals surface area (Å²) in [6.07, 6.45) is 3.65. The number of hydrogen-bond acceptors (Lipinski definition) is 2. The smallest absolute Gasteiger partial charge is 0.124 e. The summed E-state index contributed by atoms with van der Waals surface area (Å²) >= 11 is 4.84. The van der Waals surface area contributed by atoms with Gasteiger partial charge in [0.2, 0.25) is 0 Å². The molecule has 0 saturated carbocycles. The Morgan fingerprint density at radius 2 is 2.24 bits per heavy atom. The Kier molecular flexibility index (Phi) is 3.19. The van der Waals surface area contributed by atoms with E-state index in [1.807, 2.05) is 13.1 Å². The maximum Gasteiger partial charge on any atom is 0.124 e. The van der Waals surface area contributed by atoms with Crippen molar-refractivity contribution in [2.45, 2.75) is 13.5 Å². The van der Waals surface area contributed by atoms with Crippen molar-refractivity contribution in [2.75, 3.05) is 0 Å². The fourth-order valence-electron chi connectivity index (χ4n) is 1.62. The van der Waals surface area contributed by atoms with E-state index in [2.05, 4.69) is 5.10 Å². The van der Waals surface area contributed by atoms with Crippen molar-refractivity contribution >= 4 is 17.2 Å². The molecule has 3 nitrogen and oxygen atoms in total. The Bertz CT molecular complexity index is 563. The van der Waals surface area contributed by atoms with Gasteiger partial charge in [-0.25, -0.2) is 4.39 Å². The number of benzene rings is 1. The molecule has 1 aromatic carbocycles. The predicted molar refractivity (Wildman–Crippen MR) is 68.4 cm³/mol. The molecule has 0 amide bonds. The summed E-state index contributed by atoms with van der Waals surface area (Å²) in [5.41, 5.74) is 7.89. The summed E-state index contributed by atoms with van der Waals surface area (Å²) in [6.45, 7) is 2.46. The maximum atomic E-state index is 13.4. The zero-order valence-electron chi connectivity index (χ0n) is 9.35. The van der Waals surface area contributed by atoms with Gasteiger partial charge in [0, 0.05) is 11.8 Å². The molecule has 17 heavy (non-hydrogen) atoms. The van der Waals surface area contributed by atoms with Crippen LogP contribution in [0.5, 0.6) is 0 Å². The van der Waals surface area contributed by atoms with Gasteiger partial charge >= 0.3 is 0 Å². The van der Waals surface area contributed by atoms with E-state index in [1.165, 1.54) is 12.1 Å². The predicted octanol–water partition coefficient (Wildman–Crippen LogP) is 2.01. The van der Waals surface area contributed by atoms with E-state index in [0.717, 1.165) is 11.1 Å². The third-order valence-corrected chi connectivity index (χ3v) is 2.58. The number of rotatable bonds is 3. The summed E-state index contributed by atoms with van der Waals surface area (Å²) in [7, 11) is 0. The molecule has 2 rings (SSSR count). The summed E-state index contributed by atoms with van der Waals surface area (Å²) in [4.78, 5) is 0.197. The highest BCUT2D eigenvalue weighted by molar-refractivity contribution is 7.80. The lowest BCUT2D eigenvalue weighted by Crippen LogP contribution is -2.11. The molecule has 0 bridgehead atoms. The zero-order chi connectivity index (χ0) is 12.4. The van der Waals surface area contributed by atoms with Crippen molar-refractivity contribution in [3.63, 3.8) is 0 Å². The van der Waals surface area contributed by atoms with Crippen molar-refractivity contribution < 1.29 is 4.39 Å². The highest BCUT2D eigenvalue weighted by atomic mass is 32.1. The second kappa shape index (κ2) is 4.63. The fourth-order valence-corrected chi connectivity index (χ4v) is 1.74. The summed E-state index contributed by atoms with van der Waals surface area (Å²) in [5, 5.41) is 4.15. The molecule has 0 aliphatic carbocycles. The molecular formula is C12H12FN3S. The van der Waals surface area contributed by atoms with Crippen LogP contribution in [0.15, 0.2) is 30.6 Å². The normalized spacial score (nSPS) is 10.5. The largest absolute Gasteiger partial charge is 0.389 e. The number of aryl methyl sites for hydroxylation is 1. The molecule has 0 unspecified atom stereocenters. The van der Waals surface area contributed by atoms with Gasteiger partial charge in [0.25, 0.3) is 0 Å². The van der Waals surface area contributed by atoms with E-state index in [0.29, 0.717) is 12.1 Å². The molecule has 5 heteroatoms. The quantitative estimate of drug-likeness (QED) is 0.846. The number of aromatic nitrogens is 2. The molecule has 1 aromatic heterocycles. The third kappa shape index (κ3) is 2.88. The zero-order valence-corrected chi connectivity index (χ0v) is 10.2. The van der Waals surface area contributed by atoms with Gasteiger partial charge in [-0.1, -0.05) is 12.2 Å². The first-order valence-electron chi connectivity index (χ1n) is 5.13. The number of nitrogens with zero attached hydrogens (tertiary/aromatic N) is 2. The Balaban J connectivity index is 2.29. The molecule has 2 aromatic rings. The standard InChI is InChI=1S/C12H12FN3S/c1-8-5-15-16(6-8)7-9-2-10(12(14)17)4-11(13)3-9/h2-6H,7H2,1H3,(H2,14,17). The van der Waals surface area contributed by atoms with Crippen LogP contribution in [0.2, 0.25) is 0 Å². The minimum Gasteiger partial charge on any atom is -0.389 e. The van der Waals surface area contributed by atoms with Crippen LogP contribution in [0.1, 0.15) is 16.7 Å². The highest BCUT2D eigenvalue weighted by Gasteiger charge is 2.04. The first kappa shape index (κ1) is 11.7. The van der Waals surface area contributed by atoms with Crippen molar-refractivity contribution in [3.05, 3.63) is 53.1 Å². The maximum absolute atomic E-state index is 13.4. The van der Waals surface area contributed by atoms with Crippen molar-refractivity contribution in [1.29, 1.82) is 0 Å². The van der Waals surface area contributed by atoms with E-state index in [1.54, 1.807) is 16.9 Å². The summed E-state index contributed by atoms with van der Waals surface area (Å²) in [6, 6.07) is 4.57.